The number of rotatable bonds is 3. The number of nitrogens with zero attached hydrogens (tertiary/aromatic N) is 4. The number of allylic oxidation sites excluding steroid dienone is 1. The van der Waals surface area contributed by atoms with Gasteiger partial charge in [0, 0.05) is 18.6 Å². The Morgan fingerprint density at radius 2 is 2.27 bits per heavy atom. The van der Waals surface area contributed by atoms with Crippen molar-refractivity contribution in [1.29, 1.82) is 0 Å². The molecule has 15 heavy (non-hydrogen) atoms. The fraction of sp³-hybridized carbons (Fsp3) is 0.364. The monoisotopic (exact) mass is 204 g/mol. The lowest BCUT2D eigenvalue weighted by atomic mass is 10.1. The Kier molecular flexibility index (Phi) is 3.97. The van der Waals surface area contributed by atoms with Crippen LogP contribution >= 0.6 is 0 Å². The van der Waals surface area contributed by atoms with Crippen molar-refractivity contribution in [2.24, 2.45) is 15.9 Å². The normalized spacial score (nSPS) is 13.3. The summed E-state index contributed by atoms with van der Waals surface area (Å²) in [6.45, 7) is 9.51. The van der Waals surface area contributed by atoms with Crippen molar-refractivity contribution in [2.45, 2.75) is 20.8 Å². The minimum Gasteiger partial charge on any atom is -0.294 e. The highest BCUT2D eigenvalue weighted by Crippen LogP contribution is 2.11. The van der Waals surface area contributed by atoms with E-state index in [0.29, 0.717) is 5.92 Å². The lowest BCUT2D eigenvalue weighted by Crippen LogP contribution is -2.06. The second-order valence-corrected chi connectivity index (χ2v) is 3.52. The first kappa shape index (κ1) is 11.4. The molecule has 0 aliphatic rings. The van der Waals surface area contributed by atoms with E-state index in [1.54, 1.807) is 18.7 Å². The molecular formula is C11H16N4. The van der Waals surface area contributed by atoms with Crippen molar-refractivity contribution >= 4 is 12.6 Å². The number of hydrogen-bond donors (Lipinski definition) is 0. The van der Waals surface area contributed by atoms with E-state index >= 15 is 0 Å². The van der Waals surface area contributed by atoms with E-state index < -0.39 is 0 Å². The molecule has 1 rings (SSSR count). The molecule has 0 saturated heterocycles. The average molecular weight is 204 g/mol. The summed E-state index contributed by atoms with van der Waals surface area (Å²) in [7, 11) is 0. The van der Waals surface area contributed by atoms with Crippen LogP contribution in [-0.2, 0) is 0 Å². The maximum atomic E-state index is 4.48. The van der Waals surface area contributed by atoms with Gasteiger partial charge in [0.25, 0.3) is 0 Å². The molecule has 4 heteroatoms. The van der Waals surface area contributed by atoms with Crippen molar-refractivity contribution < 1.29 is 0 Å². The van der Waals surface area contributed by atoms with Crippen molar-refractivity contribution in [3.05, 3.63) is 30.6 Å². The van der Waals surface area contributed by atoms with E-state index in [1.165, 1.54) is 0 Å². The molecule has 1 heterocycles. The van der Waals surface area contributed by atoms with Gasteiger partial charge in [-0.3, -0.25) is 9.56 Å². The van der Waals surface area contributed by atoms with Crippen molar-refractivity contribution in [1.82, 2.24) is 9.55 Å². The van der Waals surface area contributed by atoms with Gasteiger partial charge in [0.05, 0.1) is 5.70 Å². The van der Waals surface area contributed by atoms with Crippen molar-refractivity contribution in [3.8, 4) is 0 Å². The molecule has 1 aromatic rings. The average Bonchev–Trinajstić information content (AvgIpc) is 2.69. The third kappa shape index (κ3) is 3.16. The van der Waals surface area contributed by atoms with Crippen LogP contribution in [0.4, 0.5) is 0 Å². The SMILES string of the molecule is C=N/C=C(\N=C(C)n1ccnc1)C(C)C. The van der Waals surface area contributed by atoms with Crippen molar-refractivity contribution in [3.63, 3.8) is 0 Å². The molecule has 0 atom stereocenters. The zero-order chi connectivity index (χ0) is 11.3. The Balaban J connectivity index is 2.94. The van der Waals surface area contributed by atoms with Crippen LogP contribution in [0.2, 0.25) is 0 Å². The summed E-state index contributed by atoms with van der Waals surface area (Å²) in [6, 6.07) is 0. The summed E-state index contributed by atoms with van der Waals surface area (Å²) in [5.41, 5.74) is 0.913. The van der Waals surface area contributed by atoms with Gasteiger partial charge in [0.2, 0.25) is 0 Å². The molecule has 0 fully saturated rings. The molecule has 0 bridgehead atoms. The third-order valence-electron chi connectivity index (χ3n) is 1.98. The molecule has 0 aromatic carbocycles. The molecule has 80 valence electrons. The fourth-order valence-corrected chi connectivity index (χ4v) is 1.10. The minimum atomic E-state index is 0.328. The van der Waals surface area contributed by atoms with Crippen LogP contribution in [-0.4, -0.2) is 22.1 Å². The number of imidazole rings is 1. The van der Waals surface area contributed by atoms with Crippen LogP contribution in [0.25, 0.3) is 0 Å². The smallest absolute Gasteiger partial charge is 0.111 e. The Labute approximate surface area is 90.1 Å². The lowest BCUT2D eigenvalue weighted by molar-refractivity contribution is 0.752. The lowest BCUT2D eigenvalue weighted by Gasteiger charge is -2.07. The molecule has 4 nitrogen and oxygen atoms in total. The second kappa shape index (κ2) is 5.24. The van der Waals surface area contributed by atoms with Gasteiger partial charge in [-0.1, -0.05) is 13.8 Å². The molecule has 0 N–H and O–H groups in total. The highest BCUT2D eigenvalue weighted by Gasteiger charge is 2.02. The minimum absolute atomic E-state index is 0.328. The molecule has 0 aliphatic heterocycles. The molecule has 0 spiro atoms. The van der Waals surface area contributed by atoms with Crippen LogP contribution < -0.4 is 0 Å². The molecule has 0 aliphatic carbocycles. The van der Waals surface area contributed by atoms with Gasteiger partial charge in [-0.25, -0.2) is 9.98 Å². The summed E-state index contributed by atoms with van der Waals surface area (Å²) in [5, 5.41) is 0. The first-order valence-electron chi connectivity index (χ1n) is 4.84. The molecule has 0 amide bonds. The highest BCUT2D eigenvalue weighted by molar-refractivity contribution is 5.82. The summed E-state index contributed by atoms with van der Waals surface area (Å²) in [4.78, 5) is 12.2. The Morgan fingerprint density at radius 1 is 1.53 bits per heavy atom. The van der Waals surface area contributed by atoms with E-state index in [0.717, 1.165) is 11.5 Å². The first-order chi connectivity index (χ1) is 7.15. The van der Waals surface area contributed by atoms with E-state index in [9.17, 15) is 0 Å². The zero-order valence-corrected chi connectivity index (χ0v) is 9.38. The fourth-order valence-electron chi connectivity index (χ4n) is 1.10. The first-order valence-corrected chi connectivity index (χ1v) is 4.84. The van der Waals surface area contributed by atoms with Crippen LogP contribution in [0.1, 0.15) is 20.8 Å². The largest absolute Gasteiger partial charge is 0.294 e. The van der Waals surface area contributed by atoms with Crippen molar-refractivity contribution in [2.75, 3.05) is 0 Å². The maximum Gasteiger partial charge on any atom is 0.111 e. The molecule has 1 aromatic heterocycles. The van der Waals surface area contributed by atoms with Gasteiger partial charge >= 0.3 is 0 Å². The highest BCUT2D eigenvalue weighted by atomic mass is 15.1. The molecular weight excluding hydrogens is 188 g/mol. The van der Waals surface area contributed by atoms with Crippen LogP contribution in [0, 0.1) is 5.92 Å². The van der Waals surface area contributed by atoms with Gasteiger partial charge in [-0.15, -0.1) is 0 Å². The van der Waals surface area contributed by atoms with Gasteiger partial charge in [0.1, 0.15) is 12.2 Å². The number of aromatic nitrogens is 2. The standard InChI is InChI=1S/C11H16N4/c1-9(2)11(7-12-4)14-10(3)15-6-5-13-8-15/h5-9H,4H2,1-3H3/b11-7-,14-10?. The van der Waals surface area contributed by atoms with E-state index in [2.05, 4.69) is 35.5 Å². The Hall–Kier alpha value is -1.71. The molecule has 0 radical (unpaired) electrons. The Morgan fingerprint density at radius 3 is 2.73 bits per heavy atom. The van der Waals surface area contributed by atoms with Gasteiger partial charge in [0.15, 0.2) is 0 Å². The Bertz CT molecular complexity index is 371. The molecule has 0 saturated carbocycles. The topological polar surface area (TPSA) is 42.5 Å². The third-order valence-corrected chi connectivity index (χ3v) is 1.98. The summed E-state index contributed by atoms with van der Waals surface area (Å²) >= 11 is 0. The predicted molar refractivity (Wildman–Crippen MR) is 63.2 cm³/mol. The van der Waals surface area contributed by atoms with Gasteiger partial charge < -0.3 is 0 Å². The van der Waals surface area contributed by atoms with Crippen LogP contribution in [0.5, 0.6) is 0 Å². The summed E-state index contributed by atoms with van der Waals surface area (Å²) < 4.78 is 1.86. The van der Waals surface area contributed by atoms with Gasteiger partial charge in [-0.2, -0.15) is 0 Å². The predicted octanol–water partition coefficient (Wildman–Crippen LogP) is 2.35. The van der Waals surface area contributed by atoms with E-state index in [4.69, 9.17) is 0 Å². The van der Waals surface area contributed by atoms with Crippen LogP contribution in [0.3, 0.4) is 0 Å². The maximum absolute atomic E-state index is 4.48. The van der Waals surface area contributed by atoms with E-state index in [-0.39, 0.29) is 0 Å². The molecule has 0 unspecified atom stereocenters. The second-order valence-electron chi connectivity index (χ2n) is 3.52. The number of hydrogen-bond acceptors (Lipinski definition) is 3. The number of aliphatic imine (C=N–C) groups is 2. The quantitative estimate of drug-likeness (QED) is 0.550. The summed E-state index contributed by atoms with van der Waals surface area (Å²) in [5.74, 6) is 1.20. The summed E-state index contributed by atoms with van der Waals surface area (Å²) in [6.07, 6.45) is 6.99. The zero-order valence-electron chi connectivity index (χ0n) is 9.38. The van der Waals surface area contributed by atoms with Crippen LogP contribution in [0.15, 0.2) is 40.6 Å². The van der Waals surface area contributed by atoms with E-state index in [1.807, 2.05) is 17.7 Å². The van der Waals surface area contributed by atoms with Gasteiger partial charge in [-0.05, 0) is 19.6 Å².